The molecule has 0 amide bonds. The molecule has 1 rings (SSSR count). The van der Waals surface area contributed by atoms with E-state index in [4.69, 9.17) is 4.74 Å². The van der Waals surface area contributed by atoms with E-state index >= 15 is 0 Å². The summed E-state index contributed by atoms with van der Waals surface area (Å²) in [7, 11) is 0. The van der Waals surface area contributed by atoms with Gasteiger partial charge in [-0.05, 0) is 18.3 Å². The lowest BCUT2D eigenvalue weighted by Crippen LogP contribution is -2.38. The third kappa shape index (κ3) is 2.81. The maximum Gasteiger partial charge on any atom is 0.293 e. The van der Waals surface area contributed by atoms with Crippen LogP contribution in [-0.4, -0.2) is 23.8 Å². The van der Waals surface area contributed by atoms with Crippen molar-refractivity contribution in [3.05, 3.63) is 11.6 Å². The van der Waals surface area contributed by atoms with Crippen molar-refractivity contribution in [2.24, 2.45) is 5.41 Å². The summed E-state index contributed by atoms with van der Waals surface area (Å²) in [5, 5.41) is 9.25. The van der Waals surface area contributed by atoms with Crippen molar-refractivity contribution in [1.82, 2.24) is 0 Å². The van der Waals surface area contributed by atoms with Crippen LogP contribution in [0.25, 0.3) is 0 Å². The van der Waals surface area contributed by atoms with Crippen molar-refractivity contribution in [3.63, 3.8) is 0 Å². The fourth-order valence-corrected chi connectivity index (χ4v) is 1.95. The maximum absolute atomic E-state index is 10.4. The number of ether oxygens (including phenoxy) is 1. The zero-order valence-electron chi connectivity index (χ0n) is 9.75. The van der Waals surface area contributed by atoms with Gasteiger partial charge >= 0.3 is 0 Å². The third-order valence-electron chi connectivity index (χ3n) is 3.12. The SMILES string of the molecule is CC(C)(C)C1=CCC(CO)(OC=O)CC1. The number of rotatable bonds is 3. The molecule has 0 radical (unpaired) electrons. The van der Waals surface area contributed by atoms with Gasteiger partial charge in [0.25, 0.3) is 6.47 Å². The van der Waals surface area contributed by atoms with Gasteiger partial charge in [0.2, 0.25) is 0 Å². The first-order chi connectivity index (χ1) is 6.93. The van der Waals surface area contributed by atoms with Gasteiger partial charge in [-0.1, -0.05) is 32.4 Å². The second kappa shape index (κ2) is 4.35. The van der Waals surface area contributed by atoms with Gasteiger partial charge in [-0.3, -0.25) is 4.79 Å². The molecule has 0 heterocycles. The topological polar surface area (TPSA) is 46.5 Å². The summed E-state index contributed by atoms with van der Waals surface area (Å²) in [6.07, 6.45) is 4.32. The Kier molecular flexibility index (Phi) is 3.55. The Morgan fingerprint density at radius 1 is 1.60 bits per heavy atom. The van der Waals surface area contributed by atoms with Gasteiger partial charge in [-0.2, -0.15) is 0 Å². The molecule has 0 spiro atoms. The molecule has 1 aliphatic rings. The Hall–Kier alpha value is -0.830. The van der Waals surface area contributed by atoms with Gasteiger partial charge in [0.15, 0.2) is 0 Å². The molecule has 0 aromatic rings. The number of aliphatic hydroxyl groups excluding tert-OH is 1. The van der Waals surface area contributed by atoms with E-state index in [0.717, 1.165) is 6.42 Å². The highest BCUT2D eigenvalue weighted by Crippen LogP contribution is 2.38. The van der Waals surface area contributed by atoms with E-state index in [1.165, 1.54) is 5.57 Å². The van der Waals surface area contributed by atoms with E-state index in [1.54, 1.807) is 0 Å². The average Bonchev–Trinajstić information content (AvgIpc) is 2.17. The van der Waals surface area contributed by atoms with Gasteiger partial charge in [0, 0.05) is 6.42 Å². The van der Waals surface area contributed by atoms with Crippen LogP contribution in [0.3, 0.4) is 0 Å². The number of hydrogen-bond acceptors (Lipinski definition) is 3. The summed E-state index contributed by atoms with van der Waals surface area (Å²) in [5.74, 6) is 0. The zero-order chi connectivity index (χ0) is 11.5. The Bertz CT molecular complexity index is 263. The Labute approximate surface area is 91.1 Å². The van der Waals surface area contributed by atoms with E-state index in [-0.39, 0.29) is 12.0 Å². The van der Waals surface area contributed by atoms with Gasteiger partial charge in [-0.25, -0.2) is 0 Å². The fraction of sp³-hybridized carbons (Fsp3) is 0.750. The molecular formula is C12H20O3. The predicted octanol–water partition coefficient (Wildman–Crippen LogP) is 2.05. The Morgan fingerprint density at radius 3 is 2.60 bits per heavy atom. The fourth-order valence-electron chi connectivity index (χ4n) is 1.95. The Balaban J connectivity index is 2.74. The second-order valence-electron chi connectivity index (χ2n) is 5.24. The molecule has 15 heavy (non-hydrogen) atoms. The molecule has 0 saturated carbocycles. The van der Waals surface area contributed by atoms with Crippen LogP contribution in [-0.2, 0) is 9.53 Å². The lowest BCUT2D eigenvalue weighted by Gasteiger charge is -2.36. The van der Waals surface area contributed by atoms with Crippen molar-refractivity contribution in [2.75, 3.05) is 6.61 Å². The van der Waals surface area contributed by atoms with E-state index in [9.17, 15) is 9.90 Å². The molecule has 0 aliphatic heterocycles. The van der Waals surface area contributed by atoms with Gasteiger partial charge in [0.05, 0.1) is 6.61 Å². The van der Waals surface area contributed by atoms with Crippen molar-refractivity contribution in [3.8, 4) is 0 Å². The van der Waals surface area contributed by atoms with E-state index in [1.807, 2.05) is 0 Å². The van der Waals surface area contributed by atoms with Crippen LogP contribution < -0.4 is 0 Å². The van der Waals surface area contributed by atoms with Crippen LogP contribution in [0.1, 0.15) is 40.0 Å². The minimum absolute atomic E-state index is 0.0976. The van der Waals surface area contributed by atoms with Crippen molar-refractivity contribution < 1.29 is 14.6 Å². The van der Waals surface area contributed by atoms with Crippen molar-refractivity contribution in [2.45, 2.75) is 45.6 Å². The summed E-state index contributed by atoms with van der Waals surface area (Å²) >= 11 is 0. The average molecular weight is 212 g/mol. The molecule has 0 bridgehead atoms. The van der Waals surface area contributed by atoms with E-state index in [2.05, 4.69) is 26.8 Å². The molecule has 0 saturated heterocycles. The molecule has 1 unspecified atom stereocenters. The van der Waals surface area contributed by atoms with Gasteiger partial charge in [-0.15, -0.1) is 0 Å². The second-order valence-corrected chi connectivity index (χ2v) is 5.24. The first kappa shape index (κ1) is 12.2. The van der Waals surface area contributed by atoms with Gasteiger partial charge in [0.1, 0.15) is 5.60 Å². The lowest BCUT2D eigenvalue weighted by molar-refractivity contribution is -0.149. The smallest absolute Gasteiger partial charge is 0.293 e. The van der Waals surface area contributed by atoms with Crippen LogP contribution in [0.15, 0.2) is 11.6 Å². The highest BCUT2D eigenvalue weighted by atomic mass is 16.5. The number of carbonyl (C=O) groups excluding carboxylic acids is 1. The summed E-state index contributed by atoms with van der Waals surface area (Å²) in [6, 6.07) is 0. The predicted molar refractivity (Wildman–Crippen MR) is 58.4 cm³/mol. The van der Waals surface area contributed by atoms with Crippen LogP contribution in [0.5, 0.6) is 0 Å². The lowest BCUT2D eigenvalue weighted by atomic mass is 9.76. The summed E-state index contributed by atoms with van der Waals surface area (Å²) in [5.41, 5.74) is 0.875. The number of allylic oxidation sites excluding steroid dienone is 1. The molecule has 0 fully saturated rings. The number of carbonyl (C=O) groups is 1. The molecular weight excluding hydrogens is 192 g/mol. The van der Waals surface area contributed by atoms with Crippen LogP contribution in [0.2, 0.25) is 0 Å². The van der Waals surface area contributed by atoms with Crippen LogP contribution in [0, 0.1) is 5.41 Å². The minimum Gasteiger partial charge on any atom is -0.458 e. The van der Waals surface area contributed by atoms with Crippen LogP contribution >= 0.6 is 0 Å². The standard InChI is InChI=1S/C12H20O3/c1-11(2,3)10-4-6-12(8-13,7-5-10)15-9-14/h4,9,13H,5-8H2,1-3H3. The molecule has 86 valence electrons. The number of hydrogen-bond donors (Lipinski definition) is 1. The van der Waals surface area contributed by atoms with E-state index in [0.29, 0.717) is 19.3 Å². The summed E-state index contributed by atoms with van der Waals surface area (Å²) in [6.45, 7) is 6.86. The molecule has 1 N–H and O–H groups in total. The largest absolute Gasteiger partial charge is 0.458 e. The maximum atomic E-state index is 10.4. The molecule has 3 heteroatoms. The van der Waals surface area contributed by atoms with Crippen LogP contribution in [0.4, 0.5) is 0 Å². The minimum atomic E-state index is -0.670. The number of aliphatic hydroxyl groups is 1. The van der Waals surface area contributed by atoms with Gasteiger partial charge < -0.3 is 9.84 Å². The van der Waals surface area contributed by atoms with E-state index < -0.39 is 5.60 Å². The molecule has 0 aromatic carbocycles. The highest BCUT2D eigenvalue weighted by molar-refractivity contribution is 5.39. The molecule has 1 aliphatic carbocycles. The first-order valence-electron chi connectivity index (χ1n) is 5.35. The third-order valence-corrected chi connectivity index (χ3v) is 3.12. The monoisotopic (exact) mass is 212 g/mol. The quantitative estimate of drug-likeness (QED) is 0.575. The van der Waals surface area contributed by atoms with Crippen molar-refractivity contribution >= 4 is 6.47 Å². The summed E-state index contributed by atoms with van der Waals surface area (Å²) in [4.78, 5) is 10.4. The summed E-state index contributed by atoms with van der Waals surface area (Å²) < 4.78 is 5.01. The highest BCUT2D eigenvalue weighted by Gasteiger charge is 2.35. The molecule has 1 atom stereocenters. The first-order valence-corrected chi connectivity index (χ1v) is 5.35. The zero-order valence-corrected chi connectivity index (χ0v) is 9.75. The molecule has 3 nitrogen and oxygen atoms in total. The Morgan fingerprint density at radius 2 is 2.27 bits per heavy atom. The van der Waals surface area contributed by atoms with Crippen molar-refractivity contribution in [1.29, 1.82) is 0 Å². The normalized spacial score (nSPS) is 27.1. The molecule has 0 aromatic heterocycles.